The largest absolute Gasteiger partial charge is 0.377 e. The maximum absolute atomic E-state index is 13.0. The van der Waals surface area contributed by atoms with E-state index in [0.29, 0.717) is 17.1 Å². The Hall–Kier alpha value is -1.79. The predicted octanol–water partition coefficient (Wildman–Crippen LogP) is 3.16. The molecule has 0 fully saturated rings. The van der Waals surface area contributed by atoms with Crippen molar-refractivity contribution in [1.29, 1.82) is 0 Å². The van der Waals surface area contributed by atoms with Gasteiger partial charge in [-0.3, -0.25) is 4.79 Å². The van der Waals surface area contributed by atoms with Crippen LogP contribution in [0, 0.1) is 0 Å². The topological polar surface area (TPSA) is 36.2 Å². The minimum Gasteiger partial charge on any atom is -0.377 e. The first-order valence-electron chi connectivity index (χ1n) is 7.69. The fourth-order valence-corrected chi connectivity index (χ4v) is 2.97. The summed E-state index contributed by atoms with van der Waals surface area (Å²) in [4.78, 5) is 15.6. The Labute approximate surface area is 156 Å². The number of hydrogen-bond acceptors (Lipinski definition) is 3. The molecule has 0 aliphatic carbocycles. The van der Waals surface area contributed by atoms with Crippen LogP contribution < -0.4 is 14.8 Å². The lowest BCUT2D eigenvalue weighted by atomic mass is 10.0. The van der Waals surface area contributed by atoms with Gasteiger partial charge in [-0.2, -0.15) is 4.57 Å². The zero-order valence-electron chi connectivity index (χ0n) is 14.0. The molecule has 2 rings (SSSR count). The summed E-state index contributed by atoms with van der Waals surface area (Å²) in [5.74, 6) is -0.0314. The molecule has 6 heteroatoms. The van der Waals surface area contributed by atoms with Gasteiger partial charge in [0.25, 0.3) is 6.04 Å². The first-order chi connectivity index (χ1) is 11.4. The highest BCUT2D eigenvalue weighted by atomic mass is 79.9. The number of ketones is 1. The number of likely N-dealkylation sites (N-methyl/N-ethyl adjacent to an activating group) is 1. The average Bonchev–Trinajstić information content (AvgIpc) is 2.56. The summed E-state index contributed by atoms with van der Waals surface area (Å²) in [5.41, 5.74) is 1.70. The summed E-state index contributed by atoms with van der Waals surface area (Å²) in [6, 6.07) is 10.7. The normalized spacial score (nSPS) is 11.7. The van der Waals surface area contributed by atoms with Crippen molar-refractivity contribution in [3.05, 3.63) is 58.8 Å². The van der Waals surface area contributed by atoms with Gasteiger partial charge in [-0.25, -0.2) is 0 Å². The number of nitrogens with zero attached hydrogens (tertiary/aromatic N) is 2. The number of halogens is 1. The molecule has 0 radical (unpaired) electrons. The highest BCUT2D eigenvalue weighted by Gasteiger charge is 2.32. The van der Waals surface area contributed by atoms with E-state index in [2.05, 4.69) is 21.2 Å². The number of aromatic nitrogens is 1. The van der Waals surface area contributed by atoms with Gasteiger partial charge in [-0.15, -0.1) is 0 Å². The Bertz CT molecular complexity index is 714. The fraction of sp³-hybridized carbons (Fsp3) is 0.278. The number of hydrogen-bond donors (Lipinski definition) is 1. The second-order valence-corrected chi connectivity index (χ2v) is 6.92. The van der Waals surface area contributed by atoms with Crippen LogP contribution in [0.3, 0.4) is 0 Å². The molecule has 0 saturated carbocycles. The summed E-state index contributed by atoms with van der Waals surface area (Å²) in [5, 5.41) is 3.11. The predicted molar refractivity (Wildman–Crippen MR) is 105 cm³/mol. The van der Waals surface area contributed by atoms with Crippen molar-refractivity contribution < 1.29 is 9.36 Å². The van der Waals surface area contributed by atoms with Gasteiger partial charge in [0.2, 0.25) is 5.78 Å². The molecule has 24 heavy (non-hydrogen) atoms. The van der Waals surface area contributed by atoms with Gasteiger partial charge in [-0.1, -0.05) is 40.3 Å². The highest BCUT2D eigenvalue weighted by Crippen LogP contribution is 2.16. The molecule has 1 aromatic heterocycles. The lowest BCUT2D eigenvalue weighted by Crippen LogP contribution is -2.51. The molecule has 0 aliphatic rings. The van der Waals surface area contributed by atoms with E-state index in [4.69, 9.17) is 12.2 Å². The van der Waals surface area contributed by atoms with Gasteiger partial charge in [0, 0.05) is 48.5 Å². The van der Waals surface area contributed by atoms with E-state index in [1.54, 1.807) is 0 Å². The zero-order valence-corrected chi connectivity index (χ0v) is 16.4. The van der Waals surface area contributed by atoms with Crippen molar-refractivity contribution in [2.75, 3.05) is 25.5 Å². The van der Waals surface area contributed by atoms with E-state index < -0.39 is 6.04 Å². The Kier molecular flexibility index (Phi) is 6.45. The standard InChI is InChI=1S/C18H20BrN3OS/c1-4-20-18(24)16(17(23)13-5-7-14(19)8-6-13)22-11-9-15(10-12-22)21(2)3/h5-12,16H,4H2,1-3H3/p+1. The quantitative estimate of drug-likeness (QED) is 0.454. The van der Waals surface area contributed by atoms with Crippen LogP contribution in [0.4, 0.5) is 5.69 Å². The lowest BCUT2D eigenvalue weighted by molar-refractivity contribution is -0.692. The molecular formula is C18H21BrN3OS+. The van der Waals surface area contributed by atoms with Crippen molar-refractivity contribution >= 4 is 44.6 Å². The van der Waals surface area contributed by atoms with Crippen LogP contribution >= 0.6 is 28.1 Å². The van der Waals surface area contributed by atoms with E-state index in [1.807, 2.05) is 79.3 Å². The smallest absolute Gasteiger partial charge is 0.270 e. The fourth-order valence-electron chi connectivity index (χ4n) is 2.33. The molecule has 126 valence electrons. The van der Waals surface area contributed by atoms with E-state index >= 15 is 0 Å². The third-order valence-corrected chi connectivity index (χ3v) is 4.52. The molecule has 1 heterocycles. The third kappa shape index (κ3) is 4.39. The summed E-state index contributed by atoms with van der Waals surface area (Å²) in [6.07, 6.45) is 3.78. The van der Waals surface area contributed by atoms with Crippen LogP contribution in [-0.2, 0) is 0 Å². The SMILES string of the molecule is CCNC(=S)C(C(=O)c1ccc(Br)cc1)[n+]1ccc(N(C)C)cc1. The Morgan fingerprint density at radius 2 is 1.79 bits per heavy atom. The molecule has 1 atom stereocenters. The number of nitrogens with one attached hydrogen (secondary N) is 1. The Morgan fingerprint density at radius 1 is 1.21 bits per heavy atom. The summed E-state index contributed by atoms with van der Waals surface area (Å²) in [7, 11) is 3.96. The molecule has 0 amide bonds. The third-order valence-electron chi connectivity index (χ3n) is 3.63. The summed E-state index contributed by atoms with van der Waals surface area (Å²) in [6.45, 7) is 2.65. The van der Waals surface area contributed by atoms with Crippen LogP contribution in [0.1, 0.15) is 23.3 Å². The number of anilines is 1. The molecule has 0 spiro atoms. The Morgan fingerprint density at radius 3 is 2.29 bits per heavy atom. The highest BCUT2D eigenvalue weighted by molar-refractivity contribution is 9.10. The molecule has 4 nitrogen and oxygen atoms in total. The van der Waals surface area contributed by atoms with E-state index in [1.165, 1.54) is 0 Å². The van der Waals surface area contributed by atoms with Gasteiger partial charge < -0.3 is 10.2 Å². The first kappa shape index (κ1) is 18.5. The number of pyridine rings is 1. The summed E-state index contributed by atoms with van der Waals surface area (Å²) >= 11 is 8.86. The number of Topliss-reactive ketones (excluding diaryl/α,β-unsaturated/α-hetero) is 1. The van der Waals surface area contributed by atoms with Crippen molar-refractivity contribution in [3.63, 3.8) is 0 Å². The van der Waals surface area contributed by atoms with E-state index in [9.17, 15) is 4.79 Å². The molecule has 2 aromatic rings. The monoisotopic (exact) mass is 406 g/mol. The molecule has 0 bridgehead atoms. The average molecular weight is 407 g/mol. The van der Waals surface area contributed by atoms with Crippen molar-refractivity contribution in [1.82, 2.24) is 5.32 Å². The molecule has 0 aliphatic heterocycles. The first-order valence-corrected chi connectivity index (χ1v) is 8.89. The number of carbonyl (C=O) groups excluding carboxylic acids is 1. The molecule has 0 saturated heterocycles. The molecule has 1 unspecified atom stereocenters. The van der Waals surface area contributed by atoms with Crippen LogP contribution in [0.2, 0.25) is 0 Å². The van der Waals surface area contributed by atoms with Gasteiger partial charge in [0.15, 0.2) is 17.4 Å². The van der Waals surface area contributed by atoms with Gasteiger partial charge in [-0.05, 0) is 19.1 Å². The summed E-state index contributed by atoms with van der Waals surface area (Å²) < 4.78 is 2.79. The van der Waals surface area contributed by atoms with Gasteiger partial charge >= 0.3 is 0 Å². The van der Waals surface area contributed by atoms with Crippen molar-refractivity contribution in [2.24, 2.45) is 0 Å². The number of carbonyl (C=O) groups is 1. The number of thiocarbonyl (C=S) groups is 1. The second-order valence-electron chi connectivity index (χ2n) is 5.57. The number of rotatable bonds is 6. The second kappa shape index (κ2) is 8.35. The van der Waals surface area contributed by atoms with Crippen LogP contribution in [0.5, 0.6) is 0 Å². The molecule has 1 N–H and O–H groups in total. The van der Waals surface area contributed by atoms with Crippen molar-refractivity contribution in [3.8, 4) is 0 Å². The minimum absolute atomic E-state index is 0.0314. The maximum atomic E-state index is 13.0. The minimum atomic E-state index is -0.558. The van der Waals surface area contributed by atoms with Gasteiger partial charge in [0.05, 0.1) is 0 Å². The van der Waals surface area contributed by atoms with Crippen molar-refractivity contribution in [2.45, 2.75) is 13.0 Å². The lowest BCUT2D eigenvalue weighted by Gasteiger charge is -2.15. The van der Waals surface area contributed by atoms with Crippen LogP contribution in [0.25, 0.3) is 0 Å². The van der Waals surface area contributed by atoms with E-state index in [0.717, 1.165) is 10.2 Å². The van der Waals surface area contributed by atoms with E-state index in [-0.39, 0.29) is 5.78 Å². The zero-order chi connectivity index (χ0) is 17.7. The Balaban J connectivity index is 2.38. The molecule has 1 aromatic carbocycles. The van der Waals surface area contributed by atoms with Gasteiger partial charge in [0.1, 0.15) is 0 Å². The van der Waals surface area contributed by atoms with Crippen LogP contribution in [0.15, 0.2) is 53.3 Å². The number of benzene rings is 1. The maximum Gasteiger partial charge on any atom is 0.270 e. The van der Waals surface area contributed by atoms with Crippen LogP contribution in [-0.4, -0.2) is 31.4 Å². The molecular weight excluding hydrogens is 386 g/mol.